The van der Waals surface area contributed by atoms with E-state index in [2.05, 4.69) is 35.3 Å². The van der Waals surface area contributed by atoms with Crippen LogP contribution in [-0.4, -0.2) is 12.0 Å². The fraction of sp³-hybridized carbons (Fsp3) is 0.400. The molecule has 19 heavy (non-hydrogen) atoms. The standard InChI is InChI=1S/C15H21N3.HI/c1-5-12-8-7-9-13(10-12)17-15(16)18-14(6-2)11(3)4;/h2,7-11,14H,5H2,1,3-4H3,(H3,16,17,18);1H. The number of hydrogen-bond donors (Lipinski definition) is 2. The third-order valence-corrected chi connectivity index (χ3v) is 2.69. The number of nitrogens with zero attached hydrogens (tertiary/aromatic N) is 1. The van der Waals surface area contributed by atoms with Gasteiger partial charge in [-0.2, -0.15) is 0 Å². The molecule has 1 rings (SSSR count). The Hall–Kier alpha value is -1.22. The second kappa shape index (κ2) is 8.81. The lowest BCUT2D eigenvalue weighted by Gasteiger charge is -2.12. The first-order chi connectivity index (χ1) is 8.56. The normalized spacial score (nSPS) is 12.5. The van der Waals surface area contributed by atoms with Gasteiger partial charge in [0.25, 0.3) is 0 Å². The number of nitrogens with two attached hydrogens (primary N) is 1. The van der Waals surface area contributed by atoms with Gasteiger partial charge in [-0.15, -0.1) is 30.4 Å². The molecule has 3 nitrogen and oxygen atoms in total. The van der Waals surface area contributed by atoms with Crippen molar-refractivity contribution in [2.45, 2.75) is 33.2 Å². The second-order valence-electron chi connectivity index (χ2n) is 4.55. The van der Waals surface area contributed by atoms with E-state index in [1.54, 1.807) is 0 Å². The predicted molar refractivity (Wildman–Crippen MR) is 93.9 cm³/mol. The molecule has 0 amide bonds. The molecule has 0 bridgehead atoms. The maximum absolute atomic E-state index is 5.85. The van der Waals surface area contributed by atoms with Crippen molar-refractivity contribution in [3.05, 3.63) is 29.8 Å². The number of nitrogens with one attached hydrogen (secondary N) is 1. The number of hydrogen-bond acceptors (Lipinski definition) is 1. The summed E-state index contributed by atoms with van der Waals surface area (Å²) in [5.74, 6) is 3.27. The van der Waals surface area contributed by atoms with Crippen LogP contribution in [0, 0.1) is 18.3 Å². The third kappa shape index (κ3) is 5.97. The molecular weight excluding hydrogens is 349 g/mol. The molecule has 1 unspecified atom stereocenters. The number of aryl methyl sites for hydroxylation is 1. The molecule has 0 aliphatic rings. The Bertz CT molecular complexity index is 461. The molecule has 0 saturated heterocycles. The van der Waals surface area contributed by atoms with Crippen LogP contribution in [0.25, 0.3) is 0 Å². The third-order valence-electron chi connectivity index (χ3n) is 2.69. The van der Waals surface area contributed by atoms with Gasteiger partial charge in [0.2, 0.25) is 0 Å². The number of anilines is 1. The van der Waals surface area contributed by atoms with Gasteiger partial charge in [-0.25, -0.2) is 4.99 Å². The molecule has 0 aliphatic carbocycles. The molecule has 1 aromatic rings. The molecule has 0 aliphatic heterocycles. The number of rotatable bonds is 4. The highest BCUT2D eigenvalue weighted by Crippen LogP contribution is 2.11. The van der Waals surface area contributed by atoms with Crippen molar-refractivity contribution in [3.63, 3.8) is 0 Å². The van der Waals surface area contributed by atoms with Crippen molar-refractivity contribution < 1.29 is 0 Å². The van der Waals surface area contributed by atoms with Gasteiger partial charge < -0.3 is 11.1 Å². The van der Waals surface area contributed by atoms with Gasteiger partial charge in [0, 0.05) is 5.69 Å². The number of benzene rings is 1. The van der Waals surface area contributed by atoms with Crippen molar-refractivity contribution in [1.82, 2.24) is 0 Å². The number of guanidine groups is 1. The summed E-state index contributed by atoms with van der Waals surface area (Å²) >= 11 is 0. The fourth-order valence-electron chi connectivity index (χ4n) is 1.58. The maximum atomic E-state index is 5.85. The Morgan fingerprint density at radius 2 is 2.16 bits per heavy atom. The van der Waals surface area contributed by atoms with E-state index in [-0.39, 0.29) is 35.9 Å². The molecule has 0 saturated carbocycles. The summed E-state index contributed by atoms with van der Waals surface area (Å²) in [6.07, 6.45) is 6.41. The first-order valence-electron chi connectivity index (χ1n) is 6.22. The van der Waals surface area contributed by atoms with Crippen LogP contribution in [0.5, 0.6) is 0 Å². The van der Waals surface area contributed by atoms with Crippen molar-refractivity contribution in [1.29, 1.82) is 0 Å². The van der Waals surface area contributed by atoms with Gasteiger partial charge in [0.05, 0.1) is 0 Å². The molecule has 3 N–H and O–H groups in total. The van der Waals surface area contributed by atoms with E-state index < -0.39 is 0 Å². The molecular formula is C15H22IN3. The first kappa shape index (κ1) is 17.8. The van der Waals surface area contributed by atoms with Crippen LogP contribution in [0.4, 0.5) is 5.69 Å². The van der Waals surface area contributed by atoms with Crippen LogP contribution in [0.3, 0.4) is 0 Å². The molecule has 0 radical (unpaired) electrons. The number of terminal acetylenes is 1. The van der Waals surface area contributed by atoms with Gasteiger partial charge in [-0.1, -0.05) is 38.8 Å². The quantitative estimate of drug-likeness (QED) is 0.370. The summed E-state index contributed by atoms with van der Waals surface area (Å²) in [4.78, 5) is 4.29. The average molecular weight is 371 g/mol. The van der Waals surface area contributed by atoms with Gasteiger partial charge in [0.15, 0.2) is 5.96 Å². The SMILES string of the molecule is C#CC(N=C(N)Nc1cccc(CC)c1)C(C)C.I. The second-order valence-corrected chi connectivity index (χ2v) is 4.55. The summed E-state index contributed by atoms with van der Waals surface area (Å²) in [5.41, 5.74) is 8.05. The van der Waals surface area contributed by atoms with Crippen LogP contribution in [0.1, 0.15) is 26.3 Å². The molecule has 0 fully saturated rings. The minimum absolute atomic E-state index is 0. The highest BCUT2D eigenvalue weighted by molar-refractivity contribution is 14.0. The van der Waals surface area contributed by atoms with E-state index >= 15 is 0 Å². The minimum atomic E-state index is -0.188. The summed E-state index contributed by atoms with van der Waals surface area (Å²) in [6, 6.07) is 7.91. The van der Waals surface area contributed by atoms with Crippen molar-refractivity contribution in [2.24, 2.45) is 16.6 Å². The van der Waals surface area contributed by atoms with Crippen molar-refractivity contribution in [3.8, 4) is 12.3 Å². The summed E-state index contributed by atoms with van der Waals surface area (Å²) in [5, 5.41) is 3.07. The van der Waals surface area contributed by atoms with Crippen LogP contribution >= 0.6 is 24.0 Å². The topological polar surface area (TPSA) is 50.4 Å². The van der Waals surface area contributed by atoms with E-state index in [1.807, 2.05) is 26.0 Å². The van der Waals surface area contributed by atoms with Crippen LogP contribution < -0.4 is 11.1 Å². The Balaban J connectivity index is 0.00000324. The van der Waals surface area contributed by atoms with Crippen LogP contribution in [-0.2, 0) is 6.42 Å². The molecule has 0 spiro atoms. The zero-order valence-electron chi connectivity index (χ0n) is 11.7. The van der Waals surface area contributed by atoms with E-state index in [0.717, 1.165) is 12.1 Å². The monoisotopic (exact) mass is 371 g/mol. The van der Waals surface area contributed by atoms with Crippen LogP contribution in [0.2, 0.25) is 0 Å². The van der Waals surface area contributed by atoms with Crippen molar-refractivity contribution in [2.75, 3.05) is 5.32 Å². The Labute approximate surface area is 133 Å². The number of halogens is 1. The van der Waals surface area contributed by atoms with Gasteiger partial charge in [-0.3, -0.25) is 0 Å². The fourth-order valence-corrected chi connectivity index (χ4v) is 1.58. The van der Waals surface area contributed by atoms with Gasteiger partial charge >= 0.3 is 0 Å². The largest absolute Gasteiger partial charge is 0.370 e. The lowest BCUT2D eigenvalue weighted by Crippen LogP contribution is -2.26. The zero-order valence-corrected chi connectivity index (χ0v) is 14.0. The molecule has 1 atom stereocenters. The van der Waals surface area contributed by atoms with E-state index in [0.29, 0.717) is 5.96 Å². The first-order valence-corrected chi connectivity index (χ1v) is 6.22. The molecule has 0 aromatic heterocycles. The summed E-state index contributed by atoms with van der Waals surface area (Å²) < 4.78 is 0. The summed E-state index contributed by atoms with van der Waals surface area (Å²) in [7, 11) is 0. The highest BCUT2D eigenvalue weighted by Gasteiger charge is 2.08. The Morgan fingerprint density at radius 1 is 1.47 bits per heavy atom. The number of aliphatic imine (C=N–C) groups is 1. The maximum Gasteiger partial charge on any atom is 0.194 e. The van der Waals surface area contributed by atoms with E-state index in [9.17, 15) is 0 Å². The minimum Gasteiger partial charge on any atom is -0.370 e. The summed E-state index contributed by atoms with van der Waals surface area (Å²) in [6.45, 7) is 6.17. The molecule has 0 heterocycles. The molecule has 4 heteroatoms. The predicted octanol–water partition coefficient (Wildman–Crippen LogP) is 3.25. The van der Waals surface area contributed by atoms with Crippen LogP contribution in [0.15, 0.2) is 29.3 Å². The molecule has 104 valence electrons. The smallest absolute Gasteiger partial charge is 0.194 e. The Morgan fingerprint density at radius 3 is 2.68 bits per heavy atom. The lowest BCUT2D eigenvalue weighted by molar-refractivity contribution is 0.586. The lowest BCUT2D eigenvalue weighted by atomic mass is 10.1. The highest BCUT2D eigenvalue weighted by atomic mass is 127. The Kier molecular flexibility index (Phi) is 8.24. The molecule has 1 aromatic carbocycles. The van der Waals surface area contributed by atoms with Gasteiger partial charge in [-0.05, 0) is 30.0 Å². The van der Waals surface area contributed by atoms with E-state index in [1.165, 1.54) is 5.56 Å². The average Bonchev–Trinajstić information content (AvgIpc) is 2.35. The zero-order chi connectivity index (χ0) is 13.5. The van der Waals surface area contributed by atoms with Gasteiger partial charge in [0.1, 0.15) is 6.04 Å². The van der Waals surface area contributed by atoms with Crippen molar-refractivity contribution >= 4 is 35.6 Å². The van der Waals surface area contributed by atoms with E-state index in [4.69, 9.17) is 12.2 Å².